The monoisotopic (exact) mass is 444 g/mol. The number of aryl methyl sites for hydroxylation is 1. The number of ether oxygens (including phenoxy) is 1. The van der Waals surface area contributed by atoms with Crippen LogP contribution in [0.3, 0.4) is 0 Å². The molecule has 0 N–H and O–H groups in total. The number of hydrogen-bond donors (Lipinski definition) is 0. The van der Waals surface area contributed by atoms with Gasteiger partial charge in [0, 0.05) is 44.0 Å². The maximum absolute atomic E-state index is 13.6. The molecule has 1 aromatic carbocycles. The molecule has 1 fully saturated rings. The average Bonchev–Trinajstić information content (AvgIpc) is 3.49. The highest BCUT2D eigenvalue weighted by Gasteiger charge is 2.29. The molecule has 3 aromatic rings. The molecular weight excluding hydrogens is 420 g/mol. The maximum Gasteiger partial charge on any atom is 0.298 e. The molecule has 2 aliphatic heterocycles. The first-order valence-corrected chi connectivity index (χ1v) is 12.3. The summed E-state index contributed by atoms with van der Waals surface area (Å²) in [7, 11) is 0. The second kappa shape index (κ2) is 8.62. The Kier molecular flexibility index (Phi) is 5.72. The molecule has 1 saturated heterocycles. The summed E-state index contributed by atoms with van der Waals surface area (Å²) in [4.78, 5) is 23.7. The van der Waals surface area contributed by atoms with Crippen LogP contribution >= 0.6 is 23.1 Å². The van der Waals surface area contributed by atoms with Gasteiger partial charge in [0.25, 0.3) is 5.91 Å². The normalized spacial score (nSPS) is 16.8. The Balaban J connectivity index is 1.46. The fourth-order valence-electron chi connectivity index (χ4n) is 3.91. The molecule has 0 atom stereocenters. The summed E-state index contributed by atoms with van der Waals surface area (Å²) in [5, 5.41) is 9.17. The Morgan fingerprint density at radius 3 is 2.97 bits per heavy atom. The topological polar surface area (TPSA) is 76.4 Å². The summed E-state index contributed by atoms with van der Waals surface area (Å²) >= 11 is 3.27. The minimum absolute atomic E-state index is 0.118. The van der Waals surface area contributed by atoms with Gasteiger partial charge < -0.3 is 9.30 Å². The van der Waals surface area contributed by atoms with Crippen LogP contribution in [0.5, 0.6) is 0 Å². The van der Waals surface area contributed by atoms with Crippen LogP contribution in [-0.4, -0.2) is 76.2 Å². The first-order valence-electron chi connectivity index (χ1n) is 10.2. The number of carbonyl (C=O) groups excluding carboxylic acids is 1. The van der Waals surface area contributed by atoms with E-state index in [0.717, 1.165) is 73.4 Å². The third kappa shape index (κ3) is 3.84. The van der Waals surface area contributed by atoms with Gasteiger partial charge in [0.2, 0.25) is 5.82 Å². The highest BCUT2D eigenvalue weighted by molar-refractivity contribution is 7.98. The number of hydrogen-bond acceptors (Lipinski definition) is 8. The number of carbonyl (C=O) groups is 1. The Hall–Kier alpha value is -2.01. The number of anilines is 1. The van der Waals surface area contributed by atoms with Gasteiger partial charge in [-0.1, -0.05) is 11.3 Å². The number of thiazole rings is 1. The number of aromatic nitrogens is 4. The lowest BCUT2D eigenvalue weighted by atomic mass is 10.3. The Bertz CT molecular complexity index is 1060. The van der Waals surface area contributed by atoms with E-state index in [4.69, 9.17) is 9.72 Å². The summed E-state index contributed by atoms with van der Waals surface area (Å²) in [6.45, 7) is 5.41. The van der Waals surface area contributed by atoms with Gasteiger partial charge in [-0.3, -0.25) is 14.6 Å². The number of morpholine rings is 1. The number of rotatable bonds is 6. The fourth-order valence-corrected chi connectivity index (χ4v) is 5.46. The minimum Gasteiger partial charge on any atom is -0.379 e. The molecule has 10 heteroatoms. The minimum atomic E-state index is -0.118. The molecule has 2 aromatic heterocycles. The van der Waals surface area contributed by atoms with Gasteiger partial charge in [0.1, 0.15) is 5.82 Å². The highest BCUT2D eigenvalue weighted by Crippen LogP contribution is 2.32. The largest absolute Gasteiger partial charge is 0.379 e. The van der Waals surface area contributed by atoms with Gasteiger partial charge in [-0.05, 0) is 30.9 Å². The van der Waals surface area contributed by atoms with Crippen LogP contribution in [0.25, 0.3) is 10.2 Å². The van der Waals surface area contributed by atoms with Crippen LogP contribution in [0, 0.1) is 0 Å². The molecule has 0 unspecified atom stereocenters. The average molecular weight is 445 g/mol. The molecule has 5 rings (SSSR count). The predicted octanol–water partition coefficient (Wildman–Crippen LogP) is 2.53. The summed E-state index contributed by atoms with van der Waals surface area (Å²) in [5.41, 5.74) is 0.920. The number of nitrogens with zero attached hydrogens (tertiary/aromatic N) is 6. The van der Waals surface area contributed by atoms with Crippen LogP contribution in [0.4, 0.5) is 5.13 Å². The molecule has 0 aliphatic carbocycles. The second-order valence-electron chi connectivity index (χ2n) is 7.44. The van der Waals surface area contributed by atoms with Crippen LogP contribution in [0.1, 0.15) is 22.9 Å². The SMILES string of the molecule is CSc1ccc2nc(N(CCN3CCOCC3)C(=O)c3nnc4n3CCC4)sc2c1. The van der Waals surface area contributed by atoms with Gasteiger partial charge in [0.15, 0.2) is 5.13 Å². The van der Waals surface area contributed by atoms with Gasteiger partial charge in [0.05, 0.1) is 23.4 Å². The Morgan fingerprint density at radius 2 is 2.13 bits per heavy atom. The van der Waals surface area contributed by atoms with Crippen molar-refractivity contribution in [3.8, 4) is 0 Å². The molecule has 0 saturated carbocycles. The predicted molar refractivity (Wildman–Crippen MR) is 119 cm³/mol. The number of thioether (sulfide) groups is 1. The Labute approximate surface area is 183 Å². The standard InChI is InChI=1S/C20H24N6O2S2/c1-29-14-4-5-15-16(13-14)30-20(21-15)26(8-7-24-9-11-28-12-10-24)19(27)18-23-22-17-3-2-6-25(17)18/h4-5,13H,2-3,6-12H2,1H3. The first kappa shape index (κ1) is 19.9. The number of benzene rings is 1. The van der Waals surface area contributed by atoms with Crippen molar-refractivity contribution in [1.29, 1.82) is 0 Å². The lowest BCUT2D eigenvalue weighted by Crippen LogP contribution is -2.43. The van der Waals surface area contributed by atoms with E-state index in [9.17, 15) is 4.79 Å². The van der Waals surface area contributed by atoms with Crippen molar-refractivity contribution in [2.75, 3.05) is 50.5 Å². The molecule has 30 heavy (non-hydrogen) atoms. The zero-order valence-corrected chi connectivity index (χ0v) is 18.5. The summed E-state index contributed by atoms with van der Waals surface area (Å²) in [5.74, 6) is 1.21. The van der Waals surface area contributed by atoms with Crippen LogP contribution in [0.2, 0.25) is 0 Å². The van der Waals surface area contributed by atoms with Crippen molar-refractivity contribution in [2.24, 2.45) is 0 Å². The van der Waals surface area contributed by atoms with Crippen molar-refractivity contribution in [3.05, 3.63) is 29.8 Å². The quantitative estimate of drug-likeness (QED) is 0.541. The maximum atomic E-state index is 13.6. The molecule has 1 amide bonds. The van der Waals surface area contributed by atoms with E-state index in [1.165, 1.54) is 4.90 Å². The van der Waals surface area contributed by atoms with E-state index in [-0.39, 0.29) is 5.91 Å². The first-order chi connectivity index (χ1) is 14.7. The highest BCUT2D eigenvalue weighted by atomic mass is 32.2. The van der Waals surface area contributed by atoms with Gasteiger partial charge >= 0.3 is 0 Å². The zero-order chi connectivity index (χ0) is 20.5. The second-order valence-corrected chi connectivity index (χ2v) is 9.32. The van der Waals surface area contributed by atoms with Crippen molar-refractivity contribution >= 4 is 44.4 Å². The molecule has 8 nitrogen and oxygen atoms in total. The molecule has 0 radical (unpaired) electrons. The summed E-state index contributed by atoms with van der Waals surface area (Å²) in [6.07, 6.45) is 3.96. The van der Waals surface area contributed by atoms with E-state index >= 15 is 0 Å². The van der Waals surface area contributed by atoms with Gasteiger partial charge in [-0.25, -0.2) is 4.98 Å². The smallest absolute Gasteiger partial charge is 0.298 e. The van der Waals surface area contributed by atoms with E-state index in [1.54, 1.807) is 28.0 Å². The number of amides is 1. The van der Waals surface area contributed by atoms with Crippen LogP contribution in [-0.2, 0) is 17.7 Å². The van der Waals surface area contributed by atoms with E-state index < -0.39 is 0 Å². The van der Waals surface area contributed by atoms with E-state index in [1.807, 2.05) is 10.6 Å². The molecule has 4 heterocycles. The van der Waals surface area contributed by atoms with Crippen LogP contribution < -0.4 is 4.90 Å². The summed E-state index contributed by atoms with van der Waals surface area (Å²) < 4.78 is 8.51. The molecule has 158 valence electrons. The molecule has 0 spiro atoms. The summed E-state index contributed by atoms with van der Waals surface area (Å²) in [6, 6.07) is 6.24. The third-order valence-corrected chi connectivity index (χ3v) is 7.37. The van der Waals surface area contributed by atoms with Crippen molar-refractivity contribution in [1.82, 2.24) is 24.6 Å². The van der Waals surface area contributed by atoms with E-state index in [2.05, 4.69) is 33.5 Å². The van der Waals surface area contributed by atoms with Crippen LogP contribution in [0.15, 0.2) is 23.1 Å². The lowest BCUT2D eigenvalue weighted by molar-refractivity contribution is 0.0390. The molecule has 2 aliphatic rings. The zero-order valence-electron chi connectivity index (χ0n) is 16.9. The van der Waals surface area contributed by atoms with Crippen molar-refractivity contribution < 1.29 is 9.53 Å². The van der Waals surface area contributed by atoms with Gasteiger partial charge in [-0.15, -0.1) is 22.0 Å². The fraction of sp³-hybridized carbons (Fsp3) is 0.500. The Morgan fingerprint density at radius 1 is 1.27 bits per heavy atom. The lowest BCUT2D eigenvalue weighted by Gasteiger charge is -2.29. The van der Waals surface area contributed by atoms with Gasteiger partial charge in [-0.2, -0.15) is 0 Å². The van der Waals surface area contributed by atoms with Crippen molar-refractivity contribution in [3.63, 3.8) is 0 Å². The van der Waals surface area contributed by atoms with E-state index in [0.29, 0.717) is 12.4 Å². The molecular formula is C20H24N6O2S2. The third-order valence-electron chi connectivity index (χ3n) is 5.60. The number of fused-ring (bicyclic) bond motifs is 2. The van der Waals surface area contributed by atoms with Crippen molar-refractivity contribution in [2.45, 2.75) is 24.3 Å². The molecule has 0 bridgehead atoms.